The minimum Gasteiger partial charge on any atom is -0.380 e. The van der Waals surface area contributed by atoms with Crippen molar-refractivity contribution in [1.82, 2.24) is 14.6 Å². The predicted molar refractivity (Wildman–Crippen MR) is 79.1 cm³/mol. The summed E-state index contributed by atoms with van der Waals surface area (Å²) in [6.07, 6.45) is 4.86. The van der Waals surface area contributed by atoms with Crippen LogP contribution < -0.4 is 4.72 Å². The monoisotopic (exact) mass is 311 g/mol. The molecule has 2 fully saturated rings. The van der Waals surface area contributed by atoms with E-state index < -0.39 is 10.0 Å². The lowest BCUT2D eigenvalue weighted by molar-refractivity contribution is 0.128. The van der Waals surface area contributed by atoms with E-state index >= 15 is 0 Å². The van der Waals surface area contributed by atoms with Gasteiger partial charge in [0.1, 0.15) is 0 Å². The Kier molecular flexibility index (Phi) is 4.00. The molecule has 2 aliphatic rings. The molecule has 2 aliphatic heterocycles. The second-order valence-corrected chi connectivity index (χ2v) is 8.03. The van der Waals surface area contributed by atoms with Crippen molar-refractivity contribution in [3.63, 3.8) is 0 Å². The number of rotatable bonds is 5. The summed E-state index contributed by atoms with van der Waals surface area (Å²) in [4.78, 5) is 6.51. The van der Waals surface area contributed by atoms with Crippen LogP contribution in [0.2, 0.25) is 0 Å². The van der Waals surface area contributed by atoms with Gasteiger partial charge < -0.3 is 4.74 Å². The fourth-order valence-electron chi connectivity index (χ4n) is 3.34. The Balaban J connectivity index is 1.67. The summed E-state index contributed by atoms with van der Waals surface area (Å²) in [5.74, 6) is 0.392. The van der Waals surface area contributed by atoms with Crippen LogP contribution >= 0.6 is 0 Å². The molecule has 3 rings (SSSR count). The molecule has 0 spiro atoms. The molecule has 1 aromatic heterocycles. The maximum absolute atomic E-state index is 11.4. The van der Waals surface area contributed by atoms with Gasteiger partial charge in [0.05, 0.1) is 19.5 Å². The summed E-state index contributed by atoms with van der Waals surface area (Å²) in [6, 6.07) is 4.01. The van der Waals surface area contributed by atoms with Crippen molar-refractivity contribution in [1.29, 1.82) is 0 Å². The molecule has 0 bridgehead atoms. The van der Waals surface area contributed by atoms with Gasteiger partial charge in [0.25, 0.3) is 0 Å². The van der Waals surface area contributed by atoms with E-state index in [1.807, 2.05) is 12.3 Å². The number of fused-ring (bicyclic) bond motifs is 1. The molecular weight excluding hydrogens is 290 g/mol. The summed E-state index contributed by atoms with van der Waals surface area (Å²) in [7, 11) is -3.17. The van der Waals surface area contributed by atoms with Gasteiger partial charge in [-0.3, -0.25) is 9.88 Å². The number of sulfonamides is 1. The molecule has 2 saturated heterocycles. The molecule has 1 aromatic rings. The molecular formula is C14H21N3O3S. The second kappa shape index (κ2) is 5.64. The van der Waals surface area contributed by atoms with Crippen LogP contribution in [0.4, 0.5) is 0 Å². The van der Waals surface area contributed by atoms with Gasteiger partial charge in [0.15, 0.2) is 0 Å². The van der Waals surface area contributed by atoms with Gasteiger partial charge in [-0.25, -0.2) is 13.1 Å². The summed E-state index contributed by atoms with van der Waals surface area (Å²) in [6.45, 7) is 4.46. The lowest BCUT2D eigenvalue weighted by atomic mass is 9.81. The number of nitrogens with one attached hydrogen (secondary N) is 1. The van der Waals surface area contributed by atoms with Crippen molar-refractivity contribution in [2.24, 2.45) is 11.3 Å². The average Bonchev–Trinajstić information content (AvgIpc) is 2.94. The van der Waals surface area contributed by atoms with E-state index in [-0.39, 0.29) is 5.41 Å². The van der Waals surface area contributed by atoms with Crippen molar-refractivity contribution in [2.75, 3.05) is 39.1 Å². The highest BCUT2D eigenvalue weighted by Gasteiger charge is 2.50. The highest BCUT2D eigenvalue weighted by atomic mass is 32.2. The predicted octanol–water partition coefficient (Wildman–Crippen LogP) is 0.0792. The van der Waals surface area contributed by atoms with Crippen molar-refractivity contribution in [3.05, 3.63) is 30.1 Å². The fourth-order valence-corrected chi connectivity index (χ4v) is 3.89. The largest absolute Gasteiger partial charge is 0.380 e. The molecule has 116 valence electrons. The number of hydrogen-bond acceptors (Lipinski definition) is 5. The van der Waals surface area contributed by atoms with Crippen molar-refractivity contribution in [3.8, 4) is 0 Å². The van der Waals surface area contributed by atoms with Crippen molar-refractivity contribution in [2.45, 2.75) is 6.54 Å². The third kappa shape index (κ3) is 3.42. The SMILES string of the molecule is CS(=O)(=O)NC[C@@]12COC[C@@H]1CN(Cc1cccnc1)C2. The third-order valence-electron chi connectivity index (χ3n) is 4.41. The van der Waals surface area contributed by atoms with E-state index in [0.717, 1.165) is 26.2 Å². The molecule has 0 radical (unpaired) electrons. The standard InChI is InChI=1S/C14H21N3O3S/c1-21(18,19)16-9-14-10-17(7-13(14)8-20-11-14)6-12-3-2-4-15-5-12/h2-5,13,16H,6-11H2,1H3/t13-,14+/m0/s1. The van der Waals surface area contributed by atoms with E-state index in [9.17, 15) is 8.42 Å². The van der Waals surface area contributed by atoms with Crippen molar-refractivity contribution >= 4 is 10.0 Å². The molecule has 21 heavy (non-hydrogen) atoms. The quantitative estimate of drug-likeness (QED) is 0.834. The first-order valence-corrected chi connectivity index (χ1v) is 9.00. The Hall–Kier alpha value is -1.02. The smallest absolute Gasteiger partial charge is 0.208 e. The molecule has 0 unspecified atom stereocenters. The van der Waals surface area contributed by atoms with E-state index in [0.29, 0.717) is 19.1 Å². The lowest BCUT2D eigenvalue weighted by Gasteiger charge is -2.27. The first kappa shape index (κ1) is 14.9. The zero-order valence-corrected chi connectivity index (χ0v) is 13.0. The number of hydrogen-bond donors (Lipinski definition) is 1. The van der Waals surface area contributed by atoms with Crippen molar-refractivity contribution < 1.29 is 13.2 Å². The molecule has 6 nitrogen and oxygen atoms in total. The highest BCUT2D eigenvalue weighted by molar-refractivity contribution is 7.88. The fraction of sp³-hybridized carbons (Fsp3) is 0.643. The maximum Gasteiger partial charge on any atom is 0.208 e. The van der Waals surface area contributed by atoms with Crippen LogP contribution in [0.3, 0.4) is 0 Å². The highest BCUT2D eigenvalue weighted by Crippen LogP contribution is 2.41. The number of ether oxygens (including phenoxy) is 1. The lowest BCUT2D eigenvalue weighted by Crippen LogP contribution is -2.42. The third-order valence-corrected chi connectivity index (χ3v) is 5.08. The van der Waals surface area contributed by atoms with E-state index in [1.54, 1.807) is 6.20 Å². The van der Waals surface area contributed by atoms with Crippen LogP contribution in [0.1, 0.15) is 5.56 Å². The Morgan fingerprint density at radius 1 is 1.57 bits per heavy atom. The molecule has 1 N–H and O–H groups in total. The van der Waals surface area contributed by atoms with Gasteiger partial charge in [-0.05, 0) is 11.6 Å². The summed E-state index contributed by atoms with van der Waals surface area (Å²) in [5.41, 5.74) is 1.09. The molecule has 7 heteroatoms. The normalized spacial score (nSPS) is 29.7. The van der Waals surface area contributed by atoms with Crippen LogP contribution in [0.5, 0.6) is 0 Å². The maximum atomic E-state index is 11.4. The summed E-state index contributed by atoms with van der Waals surface area (Å²) >= 11 is 0. The number of aromatic nitrogens is 1. The van der Waals surface area contributed by atoms with Gasteiger partial charge in [-0.15, -0.1) is 0 Å². The average molecular weight is 311 g/mol. The van der Waals surface area contributed by atoms with E-state index in [2.05, 4.69) is 20.7 Å². The van der Waals surface area contributed by atoms with Gasteiger partial charge in [0, 0.05) is 49.9 Å². The molecule has 2 atom stereocenters. The Morgan fingerprint density at radius 2 is 2.43 bits per heavy atom. The zero-order valence-electron chi connectivity index (χ0n) is 12.2. The minimum atomic E-state index is -3.17. The Labute approximate surface area is 125 Å². The van der Waals surface area contributed by atoms with E-state index in [4.69, 9.17) is 4.74 Å². The molecule has 0 aliphatic carbocycles. The summed E-state index contributed by atoms with van der Waals surface area (Å²) in [5, 5.41) is 0. The molecule has 0 aromatic carbocycles. The van der Waals surface area contributed by atoms with Gasteiger partial charge in [0.2, 0.25) is 10.0 Å². The number of nitrogens with zero attached hydrogens (tertiary/aromatic N) is 2. The van der Waals surface area contributed by atoms with Crippen LogP contribution in [-0.2, 0) is 21.3 Å². The van der Waals surface area contributed by atoms with E-state index in [1.165, 1.54) is 11.8 Å². The second-order valence-electron chi connectivity index (χ2n) is 6.20. The molecule has 0 saturated carbocycles. The minimum absolute atomic E-state index is 0.0920. The van der Waals surface area contributed by atoms with Crippen LogP contribution in [0.15, 0.2) is 24.5 Å². The van der Waals surface area contributed by atoms with Crippen LogP contribution in [-0.4, -0.2) is 57.4 Å². The van der Waals surface area contributed by atoms with Crippen LogP contribution in [0, 0.1) is 11.3 Å². The van der Waals surface area contributed by atoms with Gasteiger partial charge >= 0.3 is 0 Å². The topological polar surface area (TPSA) is 71.5 Å². The molecule has 3 heterocycles. The number of likely N-dealkylation sites (tertiary alicyclic amines) is 1. The van der Waals surface area contributed by atoms with Gasteiger partial charge in [-0.2, -0.15) is 0 Å². The first-order valence-electron chi connectivity index (χ1n) is 7.11. The molecule has 0 amide bonds. The summed E-state index contributed by atoms with van der Waals surface area (Å²) < 4.78 is 31.0. The van der Waals surface area contributed by atoms with Crippen LogP contribution in [0.25, 0.3) is 0 Å². The Morgan fingerprint density at radius 3 is 3.14 bits per heavy atom. The zero-order chi connectivity index (χ0) is 14.9. The first-order chi connectivity index (χ1) is 9.97. The Bertz CT molecular complexity index is 593. The number of pyridine rings is 1. The van der Waals surface area contributed by atoms with Gasteiger partial charge in [-0.1, -0.05) is 6.07 Å².